The first kappa shape index (κ1) is 13.1. The summed E-state index contributed by atoms with van der Waals surface area (Å²) < 4.78 is 4.77. The Labute approximate surface area is 99.4 Å². The van der Waals surface area contributed by atoms with Gasteiger partial charge in [-0.3, -0.25) is 9.78 Å². The molecule has 1 rings (SSSR count). The van der Waals surface area contributed by atoms with Gasteiger partial charge in [0.1, 0.15) is 0 Å². The van der Waals surface area contributed by atoms with E-state index in [0.29, 0.717) is 12.5 Å². The lowest BCUT2D eigenvalue weighted by Gasteiger charge is -2.07. The third-order valence-corrected chi connectivity index (χ3v) is 1.81. The van der Waals surface area contributed by atoms with Crippen molar-refractivity contribution in [2.24, 2.45) is 5.92 Å². The molecule has 6 nitrogen and oxygen atoms in total. The van der Waals surface area contributed by atoms with Crippen LogP contribution in [0.2, 0.25) is 0 Å². The zero-order valence-corrected chi connectivity index (χ0v) is 9.84. The Morgan fingerprint density at radius 2 is 2.18 bits per heavy atom. The zero-order chi connectivity index (χ0) is 12.7. The molecule has 0 radical (unpaired) electrons. The predicted molar refractivity (Wildman–Crippen MR) is 60.2 cm³/mol. The number of aromatic nitrogens is 2. The molecule has 0 spiro atoms. The van der Waals surface area contributed by atoms with Crippen molar-refractivity contribution in [2.75, 3.05) is 13.2 Å². The van der Waals surface area contributed by atoms with Crippen LogP contribution in [0.3, 0.4) is 0 Å². The predicted octanol–water partition coefficient (Wildman–Crippen LogP) is 0.406. The minimum absolute atomic E-state index is 0.0872. The van der Waals surface area contributed by atoms with Crippen LogP contribution >= 0.6 is 0 Å². The van der Waals surface area contributed by atoms with E-state index >= 15 is 0 Å². The number of hydrogen-bond acceptors (Lipinski definition) is 5. The quantitative estimate of drug-likeness (QED) is 0.750. The van der Waals surface area contributed by atoms with E-state index in [-0.39, 0.29) is 18.2 Å². The first-order valence-electron chi connectivity index (χ1n) is 5.29. The summed E-state index contributed by atoms with van der Waals surface area (Å²) in [5, 5.41) is 2.64. The SMILES string of the molecule is CC(C)CNC(=O)COC(=O)c1cnccn1. The molecule has 0 bridgehead atoms. The summed E-state index contributed by atoms with van der Waals surface area (Å²) in [6.45, 7) is 4.21. The fraction of sp³-hybridized carbons (Fsp3) is 0.455. The Morgan fingerprint density at radius 3 is 2.76 bits per heavy atom. The molecule has 6 heteroatoms. The van der Waals surface area contributed by atoms with E-state index in [1.165, 1.54) is 18.6 Å². The molecule has 1 amide bonds. The lowest BCUT2D eigenvalue weighted by Crippen LogP contribution is -2.31. The monoisotopic (exact) mass is 237 g/mol. The minimum Gasteiger partial charge on any atom is -0.451 e. The highest BCUT2D eigenvalue weighted by molar-refractivity contribution is 5.89. The smallest absolute Gasteiger partial charge is 0.359 e. The number of esters is 1. The van der Waals surface area contributed by atoms with Gasteiger partial charge in [0.25, 0.3) is 5.91 Å². The number of rotatable bonds is 5. The van der Waals surface area contributed by atoms with E-state index in [0.717, 1.165) is 0 Å². The van der Waals surface area contributed by atoms with Crippen LogP contribution in [0.15, 0.2) is 18.6 Å². The summed E-state index contributed by atoms with van der Waals surface area (Å²) >= 11 is 0. The van der Waals surface area contributed by atoms with Crippen LogP contribution in [0.4, 0.5) is 0 Å². The molecule has 0 aliphatic rings. The summed E-state index contributed by atoms with van der Waals surface area (Å²) in [5.74, 6) is -0.622. The first-order valence-corrected chi connectivity index (χ1v) is 5.29. The second-order valence-electron chi connectivity index (χ2n) is 3.86. The Balaban J connectivity index is 2.31. The van der Waals surface area contributed by atoms with Gasteiger partial charge >= 0.3 is 5.97 Å². The van der Waals surface area contributed by atoms with E-state index in [4.69, 9.17) is 4.74 Å². The Bertz CT molecular complexity index is 379. The van der Waals surface area contributed by atoms with Crippen LogP contribution in [0.1, 0.15) is 24.3 Å². The van der Waals surface area contributed by atoms with Crippen LogP contribution in [-0.2, 0) is 9.53 Å². The molecular formula is C11H15N3O3. The molecule has 1 N–H and O–H groups in total. The van der Waals surface area contributed by atoms with E-state index in [9.17, 15) is 9.59 Å². The molecule has 0 atom stereocenters. The maximum Gasteiger partial charge on any atom is 0.359 e. The van der Waals surface area contributed by atoms with E-state index in [1.54, 1.807) is 0 Å². The molecule has 0 aliphatic heterocycles. The second-order valence-corrected chi connectivity index (χ2v) is 3.86. The standard InChI is InChI=1S/C11H15N3O3/c1-8(2)5-14-10(15)7-17-11(16)9-6-12-3-4-13-9/h3-4,6,8H,5,7H2,1-2H3,(H,14,15). The third-order valence-electron chi connectivity index (χ3n) is 1.81. The maximum atomic E-state index is 11.4. The molecule has 1 aromatic heterocycles. The molecular weight excluding hydrogens is 222 g/mol. The van der Waals surface area contributed by atoms with Crippen molar-refractivity contribution in [3.05, 3.63) is 24.3 Å². The number of carbonyl (C=O) groups excluding carboxylic acids is 2. The summed E-state index contributed by atoms with van der Waals surface area (Å²) in [6, 6.07) is 0. The fourth-order valence-electron chi connectivity index (χ4n) is 0.979. The van der Waals surface area contributed by atoms with E-state index in [2.05, 4.69) is 15.3 Å². The summed E-state index contributed by atoms with van der Waals surface area (Å²) in [7, 11) is 0. The van der Waals surface area contributed by atoms with Crippen molar-refractivity contribution < 1.29 is 14.3 Å². The number of nitrogens with zero attached hydrogens (tertiary/aromatic N) is 2. The van der Waals surface area contributed by atoms with Crippen LogP contribution in [-0.4, -0.2) is 35.0 Å². The highest BCUT2D eigenvalue weighted by Crippen LogP contribution is 1.94. The number of carbonyl (C=O) groups is 2. The van der Waals surface area contributed by atoms with Gasteiger partial charge in [-0.1, -0.05) is 13.8 Å². The van der Waals surface area contributed by atoms with E-state index < -0.39 is 5.97 Å². The van der Waals surface area contributed by atoms with Gasteiger partial charge in [-0.2, -0.15) is 0 Å². The van der Waals surface area contributed by atoms with Gasteiger partial charge in [0.2, 0.25) is 0 Å². The summed E-state index contributed by atoms with van der Waals surface area (Å²) in [4.78, 5) is 30.1. The number of amides is 1. The highest BCUT2D eigenvalue weighted by Gasteiger charge is 2.11. The van der Waals surface area contributed by atoms with Crippen LogP contribution in [0, 0.1) is 5.92 Å². The maximum absolute atomic E-state index is 11.4. The molecule has 92 valence electrons. The molecule has 0 unspecified atom stereocenters. The van der Waals surface area contributed by atoms with Gasteiger partial charge in [-0.05, 0) is 5.92 Å². The normalized spacial score (nSPS) is 10.1. The molecule has 17 heavy (non-hydrogen) atoms. The van der Waals surface area contributed by atoms with E-state index in [1.807, 2.05) is 13.8 Å². The van der Waals surface area contributed by atoms with Crippen molar-refractivity contribution in [1.29, 1.82) is 0 Å². The molecule has 1 heterocycles. The van der Waals surface area contributed by atoms with Gasteiger partial charge in [-0.15, -0.1) is 0 Å². The number of nitrogens with one attached hydrogen (secondary N) is 1. The molecule has 1 aromatic rings. The Kier molecular flexibility index (Phi) is 5.06. The Morgan fingerprint density at radius 1 is 1.41 bits per heavy atom. The van der Waals surface area contributed by atoms with Crippen molar-refractivity contribution >= 4 is 11.9 Å². The van der Waals surface area contributed by atoms with Gasteiger partial charge in [0.05, 0.1) is 6.20 Å². The average molecular weight is 237 g/mol. The second kappa shape index (κ2) is 6.57. The van der Waals surface area contributed by atoms with Gasteiger partial charge in [0.15, 0.2) is 12.3 Å². The highest BCUT2D eigenvalue weighted by atomic mass is 16.5. The molecule has 0 saturated carbocycles. The minimum atomic E-state index is -0.655. The van der Waals surface area contributed by atoms with Crippen LogP contribution in [0.25, 0.3) is 0 Å². The first-order chi connectivity index (χ1) is 8.09. The van der Waals surface area contributed by atoms with Crippen LogP contribution < -0.4 is 5.32 Å². The molecule has 0 aliphatic carbocycles. The van der Waals surface area contributed by atoms with Gasteiger partial charge in [0, 0.05) is 18.9 Å². The lowest BCUT2D eigenvalue weighted by molar-refractivity contribution is -0.124. The number of ether oxygens (including phenoxy) is 1. The van der Waals surface area contributed by atoms with Crippen molar-refractivity contribution in [3.8, 4) is 0 Å². The van der Waals surface area contributed by atoms with Crippen molar-refractivity contribution in [1.82, 2.24) is 15.3 Å². The lowest BCUT2D eigenvalue weighted by atomic mass is 10.2. The van der Waals surface area contributed by atoms with Crippen molar-refractivity contribution in [3.63, 3.8) is 0 Å². The summed E-state index contributed by atoms with van der Waals surface area (Å²) in [6.07, 6.45) is 4.12. The summed E-state index contributed by atoms with van der Waals surface area (Å²) in [5.41, 5.74) is 0.0872. The third kappa shape index (κ3) is 5.05. The number of hydrogen-bond donors (Lipinski definition) is 1. The molecule has 0 fully saturated rings. The van der Waals surface area contributed by atoms with Crippen molar-refractivity contribution in [2.45, 2.75) is 13.8 Å². The van der Waals surface area contributed by atoms with Gasteiger partial charge in [-0.25, -0.2) is 9.78 Å². The molecule has 0 aromatic carbocycles. The Hall–Kier alpha value is -1.98. The zero-order valence-electron chi connectivity index (χ0n) is 9.84. The molecule has 0 saturated heterocycles. The topological polar surface area (TPSA) is 81.2 Å². The fourth-order valence-corrected chi connectivity index (χ4v) is 0.979. The average Bonchev–Trinajstić information content (AvgIpc) is 2.34. The van der Waals surface area contributed by atoms with Crippen LogP contribution in [0.5, 0.6) is 0 Å². The largest absolute Gasteiger partial charge is 0.451 e. The van der Waals surface area contributed by atoms with Gasteiger partial charge < -0.3 is 10.1 Å².